The minimum absolute atomic E-state index is 0.241. The molecule has 0 bridgehead atoms. The van der Waals surface area contributed by atoms with Gasteiger partial charge in [-0.25, -0.2) is 4.79 Å². The van der Waals surface area contributed by atoms with E-state index in [9.17, 15) is 4.79 Å². The van der Waals surface area contributed by atoms with Crippen LogP contribution in [-0.2, 0) is 4.74 Å². The number of hydrogen-bond acceptors (Lipinski definition) is 7. The lowest BCUT2D eigenvalue weighted by Gasteiger charge is -2.31. The van der Waals surface area contributed by atoms with Gasteiger partial charge in [0.05, 0.1) is 7.11 Å². The van der Waals surface area contributed by atoms with Gasteiger partial charge >= 0.3 is 5.97 Å². The van der Waals surface area contributed by atoms with Crippen molar-refractivity contribution in [3.8, 4) is 0 Å². The van der Waals surface area contributed by atoms with Crippen LogP contribution >= 0.6 is 11.5 Å². The lowest BCUT2D eigenvalue weighted by Crippen LogP contribution is -2.38. The van der Waals surface area contributed by atoms with Crippen molar-refractivity contribution in [1.29, 1.82) is 0 Å². The molecule has 0 aliphatic carbocycles. The lowest BCUT2D eigenvalue weighted by atomic mass is 10.1. The van der Waals surface area contributed by atoms with Crippen molar-refractivity contribution in [2.45, 2.75) is 25.8 Å². The van der Waals surface area contributed by atoms with E-state index in [1.807, 2.05) is 0 Å². The average Bonchev–Trinajstić information content (AvgIpc) is 2.80. The zero-order chi connectivity index (χ0) is 13.8. The minimum atomic E-state index is -0.431. The number of nitrogens with zero attached hydrogens (tertiary/aromatic N) is 2. The van der Waals surface area contributed by atoms with Crippen LogP contribution in [0, 0.1) is 0 Å². The van der Waals surface area contributed by atoms with Gasteiger partial charge in [-0.2, -0.15) is 4.37 Å². The first-order valence-electron chi connectivity index (χ1n) is 6.48. The maximum atomic E-state index is 11.7. The number of likely N-dealkylation sites (tertiary alicyclic amines) is 1. The van der Waals surface area contributed by atoms with Gasteiger partial charge in [-0.05, 0) is 30.9 Å². The van der Waals surface area contributed by atoms with Gasteiger partial charge in [0.15, 0.2) is 5.82 Å². The highest BCUT2D eigenvalue weighted by Crippen LogP contribution is 2.29. The Morgan fingerprint density at radius 2 is 2.26 bits per heavy atom. The monoisotopic (exact) mass is 284 g/mol. The first kappa shape index (κ1) is 14.1. The van der Waals surface area contributed by atoms with Crippen LogP contribution in [0.1, 0.15) is 30.1 Å². The summed E-state index contributed by atoms with van der Waals surface area (Å²) in [6.07, 6.45) is 2.12. The molecule has 1 fully saturated rings. The highest BCUT2D eigenvalue weighted by molar-refractivity contribution is 7.11. The molecule has 19 heavy (non-hydrogen) atoms. The maximum Gasteiger partial charge on any atom is 0.344 e. The molecule has 3 N–H and O–H groups in total. The van der Waals surface area contributed by atoms with E-state index in [0.717, 1.165) is 37.5 Å². The van der Waals surface area contributed by atoms with Crippen LogP contribution in [0.25, 0.3) is 0 Å². The molecule has 7 heteroatoms. The molecule has 2 heterocycles. The average molecular weight is 284 g/mol. The summed E-state index contributed by atoms with van der Waals surface area (Å²) in [7, 11) is 1.35. The van der Waals surface area contributed by atoms with E-state index in [0.29, 0.717) is 11.6 Å². The number of nitrogens with two attached hydrogens (primary N) is 1. The fraction of sp³-hybridized carbons (Fsp3) is 0.667. The topological polar surface area (TPSA) is 80.5 Å². The molecule has 1 aliphatic heterocycles. The molecule has 1 saturated heterocycles. The summed E-state index contributed by atoms with van der Waals surface area (Å²) in [5.74, 6) is -0.190. The second-order valence-electron chi connectivity index (χ2n) is 4.62. The molecule has 1 aromatic heterocycles. The Kier molecular flexibility index (Phi) is 4.60. The number of carbonyl (C=O) groups excluding carboxylic acids is 1. The highest BCUT2D eigenvalue weighted by atomic mass is 32.1. The molecule has 0 unspecified atom stereocenters. The SMILES string of the molecule is CCN1CCC(Nc2snc(N)c2C(=O)OC)CC1. The smallest absolute Gasteiger partial charge is 0.344 e. The summed E-state index contributed by atoms with van der Waals surface area (Å²) in [5.41, 5.74) is 6.08. The van der Waals surface area contributed by atoms with Crippen LogP contribution in [0.5, 0.6) is 0 Å². The van der Waals surface area contributed by atoms with Crippen molar-refractivity contribution in [2.75, 3.05) is 37.8 Å². The highest BCUT2D eigenvalue weighted by Gasteiger charge is 2.24. The molecule has 2 rings (SSSR count). The van der Waals surface area contributed by atoms with E-state index in [4.69, 9.17) is 10.5 Å². The van der Waals surface area contributed by atoms with Crippen LogP contribution < -0.4 is 11.1 Å². The third kappa shape index (κ3) is 3.16. The van der Waals surface area contributed by atoms with E-state index in [1.165, 1.54) is 18.6 Å². The predicted octanol–water partition coefficient (Wildman–Crippen LogP) is 1.41. The van der Waals surface area contributed by atoms with Gasteiger partial charge in [0.2, 0.25) is 0 Å². The molecule has 0 aromatic carbocycles. The Labute approximate surface area is 117 Å². The van der Waals surface area contributed by atoms with Gasteiger partial charge in [0.1, 0.15) is 10.6 Å². The summed E-state index contributed by atoms with van der Waals surface area (Å²) < 4.78 is 8.77. The van der Waals surface area contributed by atoms with E-state index in [2.05, 4.69) is 21.5 Å². The summed E-state index contributed by atoms with van der Waals surface area (Å²) in [6, 6.07) is 0.367. The second kappa shape index (κ2) is 6.21. The molecular weight excluding hydrogens is 264 g/mol. The summed E-state index contributed by atoms with van der Waals surface area (Å²) in [6.45, 7) is 5.42. The zero-order valence-corrected chi connectivity index (χ0v) is 12.1. The Morgan fingerprint density at radius 1 is 1.58 bits per heavy atom. The van der Waals surface area contributed by atoms with Crippen molar-refractivity contribution < 1.29 is 9.53 Å². The van der Waals surface area contributed by atoms with Gasteiger partial charge < -0.3 is 20.7 Å². The van der Waals surface area contributed by atoms with Gasteiger partial charge in [0, 0.05) is 19.1 Å². The predicted molar refractivity (Wildman–Crippen MR) is 76.6 cm³/mol. The molecule has 0 amide bonds. The number of hydrogen-bond donors (Lipinski definition) is 2. The number of carbonyl (C=O) groups is 1. The van der Waals surface area contributed by atoms with E-state index >= 15 is 0 Å². The molecular formula is C12H20N4O2S. The molecule has 6 nitrogen and oxygen atoms in total. The Balaban J connectivity index is 2.02. The second-order valence-corrected chi connectivity index (χ2v) is 5.39. The van der Waals surface area contributed by atoms with Crippen molar-refractivity contribution in [3.63, 3.8) is 0 Å². The standard InChI is InChI=1S/C12H20N4O2S/c1-3-16-6-4-8(5-7-16)14-11-9(12(17)18-2)10(13)15-19-11/h8,14H,3-7H2,1-2H3,(H2,13,15). The summed E-state index contributed by atoms with van der Waals surface area (Å²) in [5, 5.41) is 4.10. The van der Waals surface area contributed by atoms with E-state index in [1.54, 1.807) is 0 Å². The number of piperidine rings is 1. The molecule has 0 radical (unpaired) electrons. The van der Waals surface area contributed by atoms with Crippen LogP contribution in [-0.4, -0.2) is 48.0 Å². The van der Waals surface area contributed by atoms with E-state index < -0.39 is 5.97 Å². The number of esters is 1. The van der Waals surface area contributed by atoms with Gasteiger partial charge in [-0.15, -0.1) is 0 Å². The van der Waals surface area contributed by atoms with Crippen molar-refractivity contribution >= 4 is 28.3 Å². The third-order valence-electron chi connectivity index (χ3n) is 3.48. The van der Waals surface area contributed by atoms with Crippen molar-refractivity contribution in [3.05, 3.63) is 5.56 Å². The number of aromatic nitrogens is 1. The van der Waals surface area contributed by atoms with Crippen molar-refractivity contribution in [1.82, 2.24) is 9.27 Å². The fourth-order valence-electron chi connectivity index (χ4n) is 2.28. The third-order valence-corrected chi connectivity index (χ3v) is 4.27. The van der Waals surface area contributed by atoms with E-state index in [-0.39, 0.29) is 5.82 Å². The van der Waals surface area contributed by atoms with Crippen LogP contribution in [0.4, 0.5) is 10.8 Å². The normalized spacial score (nSPS) is 17.4. The zero-order valence-electron chi connectivity index (χ0n) is 11.3. The maximum absolute atomic E-state index is 11.7. The number of anilines is 2. The van der Waals surface area contributed by atoms with Crippen molar-refractivity contribution in [2.24, 2.45) is 0 Å². The van der Waals surface area contributed by atoms with Crippen LogP contribution in [0.3, 0.4) is 0 Å². The Morgan fingerprint density at radius 3 is 2.84 bits per heavy atom. The lowest BCUT2D eigenvalue weighted by molar-refractivity contribution is 0.0603. The molecule has 106 valence electrons. The van der Waals surface area contributed by atoms with Gasteiger partial charge in [0.25, 0.3) is 0 Å². The quantitative estimate of drug-likeness (QED) is 0.814. The summed E-state index contributed by atoms with van der Waals surface area (Å²) in [4.78, 5) is 14.1. The number of nitrogen functional groups attached to an aromatic ring is 1. The van der Waals surface area contributed by atoms with Crippen LogP contribution in [0.15, 0.2) is 0 Å². The molecule has 1 aromatic rings. The number of methoxy groups -OCH3 is 1. The van der Waals surface area contributed by atoms with Gasteiger partial charge in [-0.3, -0.25) is 0 Å². The fourth-order valence-corrected chi connectivity index (χ4v) is 3.06. The number of ether oxygens (including phenoxy) is 1. The minimum Gasteiger partial charge on any atom is -0.465 e. The number of rotatable bonds is 4. The first-order valence-corrected chi connectivity index (χ1v) is 7.25. The largest absolute Gasteiger partial charge is 0.465 e. The molecule has 0 atom stereocenters. The molecule has 0 spiro atoms. The van der Waals surface area contributed by atoms with Gasteiger partial charge in [-0.1, -0.05) is 6.92 Å². The van der Waals surface area contributed by atoms with Crippen LogP contribution in [0.2, 0.25) is 0 Å². The Hall–Kier alpha value is -1.34. The summed E-state index contributed by atoms with van der Waals surface area (Å²) >= 11 is 1.22. The first-order chi connectivity index (χ1) is 9.15. The number of nitrogens with one attached hydrogen (secondary N) is 1. The Bertz CT molecular complexity index is 441. The molecule has 1 aliphatic rings. The molecule has 0 saturated carbocycles.